The number of aliphatic hydroxyl groups is 1. The number of aliphatic hydroxyl groups excluding tert-OH is 1. The Morgan fingerprint density at radius 1 is 1.18 bits per heavy atom. The number of hydrogen-bond donors (Lipinski definition) is 1. The number of hydrogen-bond acceptors (Lipinski definition) is 5. The van der Waals surface area contributed by atoms with Gasteiger partial charge in [-0.3, -0.25) is 9.69 Å². The second kappa shape index (κ2) is 7.13. The van der Waals surface area contributed by atoms with Crippen LogP contribution in [0.2, 0.25) is 0 Å². The number of carbonyl (C=O) groups excluding carboxylic acids is 2. The fourth-order valence-corrected chi connectivity index (χ4v) is 2.10. The molecule has 1 aliphatic heterocycles. The zero-order chi connectivity index (χ0) is 16.1. The van der Waals surface area contributed by atoms with Gasteiger partial charge in [0.15, 0.2) is 0 Å². The van der Waals surface area contributed by atoms with Crippen LogP contribution < -0.4 is 9.47 Å². The Bertz CT molecular complexity index is 531. The maximum Gasteiger partial charge on any atom is 0.327 e. The van der Waals surface area contributed by atoms with E-state index in [0.29, 0.717) is 12.4 Å². The summed E-state index contributed by atoms with van der Waals surface area (Å²) in [7, 11) is 1.54. The highest BCUT2D eigenvalue weighted by molar-refractivity contribution is 6.01. The van der Waals surface area contributed by atoms with E-state index in [0.717, 1.165) is 10.6 Å². The first-order valence-electron chi connectivity index (χ1n) is 7.10. The topological polar surface area (TPSA) is 79.3 Å². The molecule has 1 atom stereocenters. The lowest BCUT2D eigenvalue weighted by Gasteiger charge is -2.18. The van der Waals surface area contributed by atoms with E-state index in [4.69, 9.17) is 9.47 Å². The molecule has 0 unspecified atom stereocenters. The normalized spacial score (nSPS) is 16.1. The van der Waals surface area contributed by atoms with Crippen molar-refractivity contribution in [2.75, 3.05) is 33.4 Å². The van der Waals surface area contributed by atoms with Gasteiger partial charge < -0.3 is 19.5 Å². The van der Waals surface area contributed by atoms with Crippen molar-refractivity contribution in [2.45, 2.75) is 13.0 Å². The average Bonchev–Trinajstić information content (AvgIpc) is 2.73. The molecule has 0 aliphatic carbocycles. The number of likely N-dealkylation sites (N-methyl/N-ethyl adjacent to an activating group) is 1. The molecule has 1 N–H and O–H groups in total. The highest BCUT2D eigenvalue weighted by atomic mass is 16.5. The van der Waals surface area contributed by atoms with Gasteiger partial charge in [0, 0.05) is 7.05 Å². The van der Waals surface area contributed by atoms with Crippen LogP contribution in [0.25, 0.3) is 0 Å². The van der Waals surface area contributed by atoms with Crippen molar-refractivity contribution in [3.8, 4) is 11.5 Å². The van der Waals surface area contributed by atoms with Crippen LogP contribution in [-0.2, 0) is 4.79 Å². The molecule has 0 spiro atoms. The van der Waals surface area contributed by atoms with Crippen LogP contribution in [0.5, 0.6) is 11.5 Å². The number of benzene rings is 1. The molecule has 2 rings (SSSR count). The lowest BCUT2D eigenvalue weighted by Crippen LogP contribution is -2.40. The molecule has 0 aromatic heterocycles. The molecule has 3 amide bonds. The molecule has 1 aliphatic rings. The summed E-state index contributed by atoms with van der Waals surface area (Å²) in [6.07, 6.45) is -0.939. The molecule has 1 aromatic carbocycles. The number of rotatable bonds is 7. The Kier molecular flexibility index (Phi) is 5.21. The van der Waals surface area contributed by atoms with Crippen molar-refractivity contribution < 1.29 is 24.2 Å². The van der Waals surface area contributed by atoms with Crippen LogP contribution in [0.15, 0.2) is 24.3 Å². The molecule has 0 saturated carbocycles. The number of amides is 3. The van der Waals surface area contributed by atoms with Crippen molar-refractivity contribution >= 4 is 11.9 Å². The highest BCUT2D eigenvalue weighted by Gasteiger charge is 2.34. The number of urea groups is 1. The lowest BCUT2D eigenvalue weighted by molar-refractivity contribution is -0.126. The average molecular weight is 308 g/mol. The minimum Gasteiger partial charge on any atom is -0.494 e. The van der Waals surface area contributed by atoms with Crippen LogP contribution >= 0.6 is 0 Å². The fraction of sp³-hybridized carbons (Fsp3) is 0.467. The zero-order valence-corrected chi connectivity index (χ0v) is 12.7. The summed E-state index contributed by atoms with van der Waals surface area (Å²) < 4.78 is 10.8. The minimum atomic E-state index is -0.939. The SMILES string of the molecule is CCOc1ccc(OC[C@@H](O)CN2C(=O)CN(C)C2=O)cc1. The maximum absolute atomic E-state index is 11.7. The van der Waals surface area contributed by atoms with E-state index in [1.165, 1.54) is 4.90 Å². The van der Waals surface area contributed by atoms with Gasteiger partial charge in [-0.05, 0) is 31.2 Å². The van der Waals surface area contributed by atoms with Gasteiger partial charge in [0.2, 0.25) is 5.91 Å². The minimum absolute atomic E-state index is 0.00520. The number of carbonyl (C=O) groups is 2. The Morgan fingerprint density at radius 2 is 1.77 bits per heavy atom. The first kappa shape index (κ1) is 16.1. The van der Waals surface area contributed by atoms with Gasteiger partial charge in [0.05, 0.1) is 13.2 Å². The fourth-order valence-electron chi connectivity index (χ4n) is 2.10. The molecule has 7 nitrogen and oxygen atoms in total. The second-order valence-electron chi connectivity index (χ2n) is 5.01. The van der Waals surface area contributed by atoms with E-state index >= 15 is 0 Å². The number of nitrogens with zero attached hydrogens (tertiary/aromatic N) is 2. The number of ether oxygens (including phenoxy) is 2. The Balaban J connectivity index is 1.81. The Morgan fingerprint density at radius 3 is 2.27 bits per heavy atom. The quantitative estimate of drug-likeness (QED) is 0.751. The van der Waals surface area contributed by atoms with Gasteiger partial charge in [0.1, 0.15) is 30.8 Å². The monoisotopic (exact) mass is 308 g/mol. The van der Waals surface area contributed by atoms with Crippen LogP contribution in [-0.4, -0.2) is 66.3 Å². The molecule has 120 valence electrons. The predicted octanol–water partition coefficient (Wildman–Crippen LogP) is 0.719. The first-order valence-corrected chi connectivity index (χ1v) is 7.10. The van der Waals surface area contributed by atoms with Gasteiger partial charge in [-0.25, -0.2) is 4.79 Å². The summed E-state index contributed by atoms with van der Waals surface area (Å²) in [6.45, 7) is 2.46. The molecule has 7 heteroatoms. The van der Waals surface area contributed by atoms with Gasteiger partial charge in [-0.15, -0.1) is 0 Å². The van der Waals surface area contributed by atoms with Crippen LogP contribution in [0.1, 0.15) is 6.92 Å². The zero-order valence-electron chi connectivity index (χ0n) is 12.7. The lowest BCUT2D eigenvalue weighted by atomic mass is 10.3. The highest BCUT2D eigenvalue weighted by Crippen LogP contribution is 2.18. The number of β-amino-alcohol motifs (C(OH)–C–C–N with tert-alkyl or cyclic N) is 1. The van der Waals surface area contributed by atoms with Crippen LogP contribution in [0.4, 0.5) is 4.79 Å². The van der Waals surface area contributed by atoms with Gasteiger partial charge >= 0.3 is 6.03 Å². The largest absolute Gasteiger partial charge is 0.494 e. The van der Waals surface area contributed by atoms with Crippen molar-refractivity contribution in [3.63, 3.8) is 0 Å². The van der Waals surface area contributed by atoms with Gasteiger partial charge in [-0.1, -0.05) is 0 Å². The molecular weight excluding hydrogens is 288 g/mol. The molecule has 0 bridgehead atoms. The smallest absolute Gasteiger partial charge is 0.327 e. The third kappa shape index (κ3) is 3.88. The van der Waals surface area contributed by atoms with Crippen LogP contribution in [0.3, 0.4) is 0 Å². The van der Waals surface area contributed by atoms with E-state index in [2.05, 4.69) is 0 Å². The second-order valence-corrected chi connectivity index (χ2v) is 5.01. The first-order chi connectivity index (χ1) is 10.5. The molecule has 22 heavy (non-hydrogen) atoms. The molecule has 1 aromatic rings. The summed E-state index contributed by atoms with van der Waals surface area (Å²) in [5.74, 6) is 1.01. The maximum atomic E-state index is 11.7. The van der Waals surface area contributed by atoms with Gasteiger partial charge in [-0.2, -0.15) is 0 Å². The Labute approximate surface area is 129 Å². The van der Waals surface area contributed by atoms with Gasteiger partial charge in [0.25, 0.3) is 0 Å². The molecule has 1 fully saturated rings. The molecule has 1 heterocycles. The Hall–Kier alpha value is -2.28. The van der Waals surface area contributed by atoms with E-state index in [9.17, 15) is 14.7 Å². The summed E-state index contributed by atoms with van der Waals surface area (Å²) in [5, 5.41) is 9.92. The van der Waals surface area contributed by atoms with Crippen molar-refractivity contribution in [1.82, 2.24) is 9.80 Å². The number of imide groups is 1. The molecular formula is C15H20N2O5. The van der Waals surface area contributed by atoms with Crippen molar-refractivity contribution in [2.24, 2.45) is 0 Å². The van der Waals surface area contributed by atoms with Crippen molar-refractivity contribution in [1.29, 1.82) is 0 Å². The van der Waals surface area contributed by atoms with E-state index in [-0.39, 0.29) is 25.6 Å². The molecule has 1 saturated heterocycles. The molecule has 0 radical (unpaired) electrons. The van der Waals surface area contributed by atoms with E-state index in [1.54, 1.807) is 31.3 Å². The van der Waals surface area contributed by atoms with Crippen LogP contribution in [0, 0.1) is 0 Å². The summed E-state index contributed by atoms with van der Waals surface area (Å²) in [5.41, 5.74) is 0. The summed E-state index contributed by atoms with van der Waals surface area (Å²) >= 11 is 0. The third-order valence-electron chi connectivity index (χ3n) is 3.20. The summed E-state index contributed by atoms with van der Waals surface area (Å²) in [4.78, 5) is 25.6. The predicted molar refractivity (Wildman–Crippen MR) is 78.9 cm³/mol. The van der Waals surface area contributed by atoms with E-state index < -0.39 is 12.1 Å². The third-order valence-corrected chi connectivity index (χ3v) is 3.20. The van der Waals surface area contributed by atoms with Crippen molar-refractivity contribution in [3.05, 3.63) is 24.3 Å². The van der Waals surface area contributed by atoms with E-state index in [1.807, 2.05) is 6.92 Å². The standard InChI is InChI=1S/C15H20N2O5/c1-3-21-12-4-6-13(7-5-12)22-10-11(18)8-17-14(19)9-16(2)15(17)20/h4-7,11,18H,3,8-10H2,1-2H3/t11-/m0/s1. The summed E-state index contributed by atoms with van der Waals surface area (Å²) in [6, 6.07) is 6.61.